The average molecular weight is 329 g/mol. The van der Waals surface area contributed by atoms with E-state index in [2.05, 4.69) is 17.2 Å². The lowest BCUT2D eigenvalue weighted by Crippen LogP contribution is -2.40. The second-order valence-electron chi connectivity index (χ2n) is 5.47. The second-order valence-corrected chi connectivity index (χ2v) is 5.47. The van der Waals surface area contributed by atoms with Gasteiger partial charge < -0.3 is 20.3 Å². The first-order valence-electron chi connectivity index (χ1n) is 7.92. The number of aromatic nitrogens is 2. The molecular formula is C15H27N3O5. The van der Waals surface area contributed by atoms with Gasteiger partial charge in [-0.15, -0.1) is 0 Å². The number of unbranched alkanes of at least 4 members (excludes halogenated alkanes) is 3. The maximum atomic E-state index is 11.8. The second kappa shape index (κ2) is 10.2. The van der Waals surface area contributed by atoms with Gasteiger partial charge in [0.05, 0.1) is 13.2 Å². The van der Waals surface area contributed by atoms with Crippen molar-refractivity contribution < 1.29 is 14.9 Å². The Morgan fingerprint density at radius 1 is 1.35 bits per heavy atom. The number of methoxy groups -OCH3 is 1. The molecule has 0 bridgehead atoms. The quantitative estimate of drug-likeness (QED) is 0.421. The number of H-pyrrole nitrogens is 1. The smallest absolute Gasteiger partial charge is 0.328 e. The minimum absolute atomic E-state index is 0.0841. The van der Waals surface area contributed by atoms with E-state index in [1.54, 1.807) is 0 Å². The van der Waals surface area contributed by atoms with Gasteiger partial charge in [0, 0.05) is 19.9 Å². The predicted molar refractivity (Wildman–Crippen MR) is 87.8 cm³/mol. The number of nitrogens with zero attached hydrogens (tertiary/aromatic N) is 1. The molecule has 8 heteroatoms. The molecule has 2 atom stereocenters. The Labute approximate surface area is 135 Å². The first-order valence-corrected chi connectivity index (χ1v) is 7.92. The molecule has 1 rings (SSSR count). The highest BCUT2D eigenvalue weighted by Crippen LogP contribution is 2.04. The summed E-state index contributed by atoms with van der Waals surface area (Å²) in [5.74, 6) is 0. The number of aromatic amines is 1. The van der Waals surface area contributed by atoms with Crippen LogP contribution < -0.4 is 16.6 Å². The third-order valence-corrected chi connectivity index (χ3v) is 3.65. The van der Waals surface area contributed by atoms with Crippen molar-refractivity contribution in [1.82, 2.24) is 9.55 Å². The Kier molecular flexibility index (Phi) is 8.60. The van der Waals surface area contributed by atoms with Crippen LogP contribution in [0.25, 0.3) is 0 Å². The van der Waals surface area contributed by atoms with Crippen molar-refractivity contribution in [2.75, 3.05) is 25.6 Å². The maximum absolute atomic E-state index is 11.8. The molecular weight excluding hydrogens is 302 g/mol. The molecule has 1 aromatic heterocycles. The number of anilines is 1. The van der Waals surface area contributed by atoms with Gasteiger partial charge >= 0.3 is 5.69 Å². The summed E-state index contributed by atoms with van der Waals surface area (Å²) in [6.45, 7) is 2.32. The number of aliphatic hydroxyl groups excluding tert-OH is 2. The Bertz CT molecular complexity index is 565. The van der Waals surface area contributed by atoms with Crippen molar-refractivity contribution >= 4 is 5.69 Å². The van der Waals surface area contributed by atoms with E-state index in [1.165, 1.54) is 17.9 Å². The van der Waals surface area contributed by atoms with E-state index in [4.69, 9.17) is 9.84 Å². The minimum atomic E-state index is -1.06. The number of rotatable bonds is 11. The van der Waals surface area contributed by atoms with Gasteiger partial charge in [0.15, 0.2) is 0 Å². The zero-order chi connectivity index (χ0) is 17.2. The van der Waals surface area contributed by atoms with Crippen LogP contribution >= 0.6 is 0 Å². The molecule has 132 valence electrons. The molecule has 2 unspecified atom stereocenters. The zero-order valence-corrected chi connectivity index (χ0v) is 13.7. The van der Waals surface area contributed by atoms with Crippen LogP contribution in [0.4, 0.5) is 5.69 Å². The van der Waals surface area contributed by atoms with E-state index in [0.29, 0.717) is 6.54 Å². The van der Waals surface area contributed by atoms with Crippen molar-refractivity contribution in [3.05, 3.63) is 27.0 Å². The van der Waals surface area contributed by atoms with Crippen LogP contribution in [0, 0.1) is 0 Å². The first kappa shape index (κ1) is 19.4. The van der Waals surface area contributed by atoms with Gasteiger partial charge in [-0.1, -0.05) is 26.2 Å². The summed E-state index contributed by atoms with van der Waals surface area (Å²) < 4.78 is 6.12. The molecule has 0 aromatic carbocycles. The molecule has 0 aliphatic rings. The third-order valence-electron chi connectivity index (χ3n) is 3.65. The van der Waals surface area contributed by atoms with Gasteiger partial charge in [-0.2, -0.15) is 0 Å². The molecule has 0 radical (unpaired) electrons. The minimum Gasteiger partial charge on any atom is -0.394 e. The molecule has 1 aromatic rings. The molecule has 4 N–H and O–H groups in total. The fourth-order valence-electron chi connectivity index (χ4n) is 2.22. The summed E-state index contributed by atoms with van der Waals surface area (Å²) in [5, 5.41) is 22.1. The van der Waals surface area contributed by atoms with Gasteiger partial charge in [-0.25, -0.2) is 4.79 Å². The van der Waals surface area contributed by atoms with Gasteiger partial charge in [0.1, 0.15) is 17.9 Å². The Hall–Kier alpha value is -1.64. The summed E-state index contributed by atoms with van der Waals surface area (Å²) in [5.41, 5.74) is -0.814. The van der Waals surface area contributed by atoms with Gasteiger partial charge in [-0.05, 0) is 6.42 Å². The molecule has 0 saturated heterocycles. The SMILES string of the molecule is CCCCCCNc1cn(CC(O)C(CO)OC)c(=O)[nH]c1=O. The summed E-state index contributed by atoms with van der Waals surface area (Å²) >= 11 is 0. The monoisotopic (exact) mass is 329 g/mol. The highest BCUT2D eigenvalue weighted by molar-refractivity contribution is 5.37. The number of nitrogens with one attached hydrogen (secondary N) is 2. The van der Waals surface area contributed by atoms with Gasteiger partial charge in [-0.3, -0.25) is 14.3 Å². The van der Waals surface area contributed by atoms with E-state index in [-0.39, 0.29) is 18.8 Å². The molecule has 23 heavy (non-hydrogen) atoms. The lowest BCUT2D eigenvalue weighted by molar-refractivity contribution is -0.0475. The first-order chi connectivity index (χ1) is 11.0. The predicted octanol–water partition coefficient (Wildman–Crippen LogP) is -0.103. The fourth-order valence-corrected chi connectivity index (χ4v) is 2.22. The molecule has 0 aliphatic carbocycles. The Morgan fingerprint density at radius 2 is 2.09 bits per heavy atom. The Morgan fingerprint density at radius 3 is 2.70 bits per heavy atom. The number of ether oxygens (including phenoxy) is 1. The topological polar surface area (TPSA) is 117 Å². The molecule has 0 amide bonds. The molecule has 0 aliphatic heterocycles. The molecule has 0 saturated carbocycles. The molecule has 1 heterocycles. The number of hydrogen-bond acceptors (Lipinski definition) is 6. The van der Waals surface area contributed by atoms with Crippen molar-refractivity contribution in [3.63, 3.8) is 0 Å². The normalized spacial score (nSPS) is 13.7. The van der Waals surface area contributed by atoms with Crippen LogP contribution in [0.15, 0.2) is 15.8 Å². The van der Waals surface area contributed by atoms with Crippen molar-refractivity contribution in [3.8, 4) is 0 Å². The van der Waals surface area contributed by atoms with E-state index in [0.717, 1.165) is 25.7 Å². The average Bonchev–Trinajstić information content (AvgIpc) is 2.52. The van der Waals surface area contributed by atoms with Crippen molar-refractivity contribution in [1.29, 1.82) is 0 Å². The molecule has 0 fully saturated rings. The fraction of sp³-hybridized carbons (Fsp3) is 0.733. The highest BCUT2D eigenvalue weighted by atomic mass is 16.5. The lowest BCUT2D eigenvalue weighted by Gasteiger charge is -2.20. The highest BCUT2D eigenvalue weighted by Gasteiger charge is 2.19. The van der Waals surface area contributed by atoms with E-state index < -0.39 is 23.5 Å². The third kappa shape index (κ3) is 6.17. The van der Waals surface area contributed by atoms with E-state index in [1.807, 2.05) is 0 Å². The van der Waals surface area contributed by atoms with Crippen LogP contribution in [-0.2, 0) is 11.3 Å². The van der Waals surface area contributed by atoms with Gasteiger partial charge in [0.25, 0.3) is 5.56 Å². The van der Waals surface area contributed by atoms with E-state index in [9.17, 15) is 14.7 Å². The van der Waals surface area contributed by atoms with Crippen LogP contribution in [0.5, 0.6) is 0 Å². The summed E-state index contributed by atoms with van der Waals surface area (Å²) in [4.78, 5) is 25.8. The van der Waals surface area contributed by atoms with Crippen LogP contribution in [0.1, 0.15) is 32.6 Å². The van der Waals surface area contributed by atoms with Crippen LogP contribution in [0.3, 0.4) is 0 Å². The van der Waals surface area contributed by atoms with Crippen LogP contribution in [0.2, 0.25) is 0 Å². The van der Waals surface area contributed by atoms with Crippen molar-refractivity contribution in [2.45, 2.75) is 51.4 Å². The maximum Gasteiger partial charge on any atom is 0.328 e. The van der Waals surface area contributed by atoms with Gasteiger partial charge in [0.2, 0.25) is 0 Å². The largest absolute Gasteiger partial charge is 0.394 e. The summed E-state index contributed by atoms with van der Waals surface area (Å²) in [6.07, 6.45) is 3.81. The standard InChI is InChI=1S/C15H27N3O5/c1-3-4-5-6-7-16-11-8-18(15(22)17-14(11)21)9-12(20)13(10-19)23-2/h8,12-13,16,19-20H,3-7,9-10H2,1-2H3,(H,17,21,22). The number of hydrogen-bond donors (Lipinski definition) is 4. The van der Waals surface area contributed by atoms with E-state index >= 15 is 0 Å². The molecule has 8 nitrogen and oxygen atoms in total. The lowest BCUT2D eigenvalue weighted by atomic mass is 10.2. The van der Waals surface area contributed by atoms with Crippen molar-refractivity contribution in [2.24, 2.45) is 0 Å². The molecule has 0 spiro atoms. The zero-order valence-electron chi connectivity index (χ0n) is 13.7. The summed E-state index contributed by atoms with van der Waals surface area (Å²) in [6, 6.07) is 0. The van der Waals surface area contributed by atoms with Crippen LogP contribution in [-0.4, -0.2) is 52.2 Å². The summed E-state index contributed by atoms with van der Waals surface area (Å²) in [7, 11) is 1.36. The Balaban J connectivity index is 2.75. The number of aliphatic hydroxyl groups is 2.